The van der Waals surface area contributed by atoms with Gasteiger partial charge in [-0.05, 0) is 36.0 Å². The van der Waals surface area contributed by atoms with Crippen LogP contribution in [0.3, 0.4) is 0 Å². The van der Waals surface area contributed by atoms with Gasteiger partial charge in [0.25, 0.3) is 5.91 Å². The highest BCUT2D eigenvalue weighted by atomic mass is 32.1. The Kier molecular flexibility index (Phi) is 3.97. The summed E-state index contributed by atoms with van der Waals surface area (Å²) in [5.74, 6) is -0.197. The van der Waals surface area contributed by atoms with Gasteiger partial charge in [-0.3, -0.25) is 10.1 Å². The molecule has 0 radical (unpaired) electrons. The SMILES string of the molecule is CN(C)c1ccc(/C=C/C=C2\NC(=S)NC2=O)cc1. The lowest BCUT2D eigenvalue weighted by atomic mass is 10.2. The number of carbonyl (C=O) groups excluding carboxylic acids is 1. The molecular formula is C14H15N3OS. The van der Waals surface area contributed by atoms with Gasteiger partial charge < -0.3 is 10.2 Å². The molecule has 0 unspecified atom stereocenters. The Morgan fingerprint density at radius 2 is 1.84 bits per heavy atom. The van der Waals surface area contributed by atoms with Crippen molar-refractivity contribution in [3.8, 4) is 0 Å². The van der Waals surface area contributed by atoms with Crippen molar-refractivity contribution in [2.24, 2.45) is 0 Å². The molecule has 1 aromatic carbocycles. The largest absolute Gasteiger partial charge is 0.378 e. The van der Waals surface area contributed by atoms with E-state index in [1.54, 1.807) is 6.08 Å². The molecule has 0 bridgehead atoms. The highest BCUT2D eigenvalue weighted by Crippen LogP contribution is 2.13. The van der Waals surface area contributed by atoms with Crippen LogP contribution in [0.4, 0.5) is 5.69 Å². The van der Waals surface area contributed by atoms with Crippen LogP contribution in [0.1, 0.15) is 5.56 Å². The Morgan fingerprint density at radius 3 is 2.37 bits per heavy atom. The molecule has 1 heterocycles. The fourth-order valence-corrected chi connectivity index (χ4v) is 1.84. The van der Waals surface area contributed by atoms with Crippen LogP contribution in [0.2, 0.25) is 0 Å². The van der Waals surface area contributed by atoms with Crippen molar-refractivity contribution in [2.75, 3.05) is 19.0 Å². The number of carbonyl (C=O) groups is 1. The summed E-state index contributed by atoms with van der Waals surface area (Å²) < 4.78 is 0. The van der Waals surface area contributed by atoms with Crippen molar-refractivity contribution < 1.29 is 4.79 Å². The second-order valence-electron chi connectivity index (χ2n) is 4.33. The summed E-state index contributed by atoms with van der Waals surface area (Å²) in [5, 5.41) is 5.64. The number of allylic oxidation sites excluding steroid dienone is 2. The second kappa shape index (κ2) is 5.67. The molecule has 1 fully saturated rings. The van der Waals surface area contributed by atoms with Crippen LogP contribution in [0.15, 0.2) is 42.1 Å². The van der Waals surface area contributed by atoms with Crippen LogP contribution in [-0.2, 0) is 4.79 Å². The third-order valence-electron chi connectivity index (χ3n) is 2.68. The van der Waals surface area contributed by atoms with Gasteiger partial charge >= 0.3 is 0 Å². The van der Waals surface area contributed by atoms with Gasteiger partial charge in [-0.15, -0.1) is 0 Å². The van der Waals surface area contributed by atoms with E-state index in [-0.39, 0.29) is 5.91 Å². The van der Waals surface area contributed by atoms with Gasteiger partial charge in [-0.25, -0.2) is 0 Å². The van der Waals surface area contributed by atoms with E-state index >= 15 is 0 Å². The molecule has 1 aromatic rings. The van der Waals surface area contributed by atoms with Gasteiger partial charge in [0.1, 0.15) is 5.70 Å². The van der Waals surface area contributed by atoms with Crippen LogP contribution in [0.5, 0.6) is 0 Å². The maximum Gasteiger partial charge on any atom is 0.273 e. The summed E-state index contributed by atoms with van der Waals surface area (Å²) >= 11 is 4.84. The Bertz CT molecular complexity index is 559. The van der Waals surface area contributed by atoms with E-state index in [0.29, 0.717) is 10.8 Å². The van der Waals surface area contributed by atoms with Crippen LogP contribution >= 0.6 is 12.2 Å². The smallest absolute Gasteiger partial charge is 0.273 e. The number of benzene rings is 1. The fraction of sp³-hybridized carbons (Fsp3) is 0.143. The number of thiocarbonyl (C=S) groups is 1. The normalized spacial score (nSPS) is 16.8. The third kappa shape index (κ3) is 3.42. The first kappa shape index (κ1) is 13.3. The predicted molar refractivity (Wildman–Crippen MR) is 81.8 cm³/mol. The Hall–Kier alpha value is -2.14. The second-order valence-corrected chi connectivity index (χ2v) is 4.74. The molecule has 0 aromatic heterocycles. The molecule has 1 amide bonds. The molecule has 19 heavy (non-hydrogen) atoms. The van der Waals surface area contributed by atoms with Crippen molar-refractivity contribution >= 4 is 35.0 Å². The van der Waals surface area contributed by atoms with Gasteiger partial charge in [0.05, 0.1) is 0 Å². The molecule has 98 valence electrons. The van der Waals surface area contributed by atoms with Crippen molar-refractivity contribution in [3.63, 3.8) is 0 Å². The highest BCUT2D eigenvalue weighted by Gasteiger charge is 2.18. The van der Waals surface area contributed by atoms with Crippen LogP contribution in [0, 0.1) is 0 Å². The first-order chi connectivity index (χ1) is 9.06. The molecular weight excluding hydrogens is 258 g/mol. The van der Waals surface area contributed by atoms with E-state index < -0.39 is 0 Å². The molecule has 0 aliphatic carbocycles. The number of anilines is 1. The maximum absolute atomic E-state index is 11.4. The number of rotatable bonds is 3. The first-order valence-corrected chi connectivity index (χ1v) is 6.25. The van der Waals surface area contributed by atoms with Crippen LogP contribution < -0.4 is 15.5 Å². The number of nitrogens with one attached hydrogen (secondary N) is 2. The van der Waals surface area contributed by atoms with E-state index in [4.69, 9.17) is 12.2 Å². The Morgan fingerprint density at radius 1 is 1.16 bits per heavy atom. The predicted octanol–water partition coefficient (Wildman–Crippen LogP) is 1.65. The molecule has 2 N–H and O–H groups in total. The van der Waals surface area contributed by atoms with Gasteiger partial charge in [0.2, 0.25) is 0 Å². The number of hydrogen-bond donors (Lipinski definition) is 2. The van der Waals surface area contributed by atoms with Crippen molar-refractivity contribution in [2.45, 2.75) is 0 Å². The van der Waals surface area contributed by atoms with Gasteiger partial charge in [-0.1, -0.05) is 24.3 Å². The molecule has 0 saturated carbocycles. The van der Waals surface area contributed by atoms with E-state index in [9.17, 15) is 4.79 Å². The summed E-state index contributed by atoms with van der Waals surface area (Å²) in [6.07, 6.45) is 5.46. The lowest BCUT2D eigenvalue weighted by Crippen LogP contribution is -2.21. The minimum absolute atomic E-state index is 0.197. The molecule has 1 aliphatic heterocycles. The average Bonchev–Trinajstić information content (AvgIpc) is 2.68. The summed E-state index contributed by atoms with van der Waals surface area (Å²) in [4.78, 5) is 13.4. The van der Waals surface area contributed by atoms with Crippen molar-refractivity contribution in [3.05, 3.63) is 47.7 Å². The first-order valence-electron chi connectivity index (χ1n) is 5.84. The van der Waals surface area contributed by atoms with Crippen molar-refractivity contribution in [1.82, 2.24) is 10.6 Å². The van der Waals surface area contributed by atoms with Crippen LogP contribution in [-0.4, -0.2) is 25.1 Å². The molecule has 4 nitrogen and oxygen atoms in total. The number of nitrogens with zero attached hydrogens (tertiary/aromatic N) is 1. The monoisotopic (exact) mass is 273 g/mol. The van der Waals surface area contributed by atoms with E-state index in [2.05, 4.69) is 10.6 Å². The Labute approximate surface area is 117 Å². The van der Waals surface area contributed by atoms with Gasteiger partial charge in [-0.2, -0.15) is 0 Å². The zero-order valence-electron chi connectivity index (χ0n) is 10.8. The van der Waals surface area contributed by atoms with E-state index in [0.717, 1.165) is 11.3 Å². The summed E-state index contributed by atoms with van der Waals surface area (Å²) in [6, 6.07) is 8.14. The lowest BCUT2D eigenvalue weighted by Gasteiger charge is -2.11. The minimum atomic E-state index is -0.197. The topological polar surface area (TPSA) is 44.4 Å². The van der Waals surface area contributed by atoms with Gasteiger partial charge in [0.15, 0.2) is 5.11 Å². The molecule has 2 rings (SSSR count). The quantitative estimate of drug-likeness (QED) is 0.649. The standard InChI is InChI=1S/C14H15N3OS/c1-17(2)11-8-6-10(7-9-11)4-3-5-12-13(18)16-14(19)15-12/h3-9H,1-2H3,(H2,15,16,18,19)/b4-3+,12-5-. The highest BCUT2D eigenvalue weighted by molar-refractivity contribution is 7.80. The lowest BCUT2D eigenvalue weighted by molar-refractivity contribution is -0.115. The summed E-state index contributed by atoms with van der Waals surface area (Å²) in [6.45, 7) is 0. The number of hydrogen-bond acceptors (Lipinski definition) is 3. The molecule has 5 heteroatoms. The van der Waals surface area contributed by atoms with Gasteiger partial charge in [0, 0.05) is 19.8 Å². The fourth-order valence-electron chi connectivity index (χ4n) is 1.64. The molecule has 0 spiro atoms. The maximum atomic E-state index is 11.4. The van der Waals surface area contributed by atoms with E-state index in [1.807, 2.05) is 55.4 Å². The summed E-state index contributed by atoms with van der Waals surface area (Å²) in [5.41, 5.74) is 2.69. The summed E-state index contributed by atoms with van der Waals surface area (Å²) in [7, 11) is 4.01. The minimum Gasteiger partial charge on any atom is -0.378 e. The van der Waals surface area contributed by atoms with Crippen LogP contribution in [0.25, 0.3) is 6.08 Å². The number of amides is 1. The van der Waals surface area contributed by atoms with Crippen molar-refractivity contribution in [1.29, 1.82) is 0 Å². The molecule has 1 saturated heterocycles. The zero-order chi connectivity index (χ0) is 13.8. The zero-order valence-corrected chi connectivity index (χ0v) is 11.6. The Balaban J connectivity index is 2.05. The molecule has 0 atom stereocenters. The molecule has 1 aliphatic rings. The van der Waals surface area contributed by atoms with E-state index in [1.165, 1.54) is 0 Å². The third-order valence-corrected chi connectivity index (χ3v) is 2.89. The average molecular weight is 273 g/mol.